The summed E-state index contributed by atoms with van der Waals surface area (Å²) >= 11 is 0. The molecule has 3 rings (SSSR count). The Morgan fingerprint density at radius 1 is 1.04 bits per heavy atom. The van der Waals surface area contributed by atoms with Gasteiger partial charge in [-0.3, -0.25) is 9.48 Å². The minimum atomic E-state index is -0.0202. The molecule has 1 N–H and O–H groups in total. The van der Waals surface area contributed by atoms with E-state index in [4.69, 9.17) is 0 Å². The van der Waals surface area contributed by atoms with Crippen LogP contribution in [0.1, 0.15) is 46.2 Å². The summed E-state index contributed by atoms with van der Waals surface area (Å²) in [4.78, 5) is 12.5. The zero-order valence-corrected chi connectivity index (χ0v) is 16.3. The van der Waals surface area contributed by atoms with Crippen LogP contribution in [0.25, 0.3) is 0 Å². The highest BCUT2D eigenvalue weighted by molar-refractivity contribution is 5.94. The van der Waals surface area contributed by atoms with Crippen molar-refractivity contribution in [2.24, 2.45) is 0 Å². The summed E-state index contributed by atoms with van der Waals surface area (Å²) in [6.45, 7) is 6.82. The molecule has 27 heavy (non-hydrogen) atoms. The van der Waals surface area contributed by atoms with E-state index in [1.807, 2.05) is 54.1 Å². The van der Waals surface area contributed by atoms with Crippen LogP contribution in [0.3, 0.4) is 0 Å². The molecule has 140 valence electrons. The van der Waals surface area contributed by atoms with Gasteiger partial charge in [-0.15, -0.1) is 0 Å². The highest BCUT2D eigenvalue weighted by Crippen LogP contribution is 2.10. The highest BCUT2D eigenvalue weighted by Gasteiger charge is 2.10. The Labute approximate surface area is 161 Å². The van der Waals surface area contributed by atoms with Gasteiger partial charge in [0.15, 0.2) is 0 Å². The number of nitrogens with one attached hydrogen (secondary N) is 1. The summed E-state index contributed by atoms with van der Waals surface area (Å²) in [6, 6.07) is 20.3. The van der Waals surface area contributed by atoms with Gasteiger partial charge in [0.25, 0.3) is 5.91 Å². The van der Waals surface area contributed by atoms with Gasteiger partial charge in [0, 0.05) is 17.3 Å². The molecule has 1 aromatic heterocycles. The van der Waals surface area contributed by atoms with E-state index >= 15 is 0 Å². The maximum absolute atomic E-state index is 12.5. The molecule has 2 aromatic carbocycles. The van der Waals surface area contributed by atoms with Crippen molar-refractivity contribution >= 4 is 5.91 Å². The Bertz CT molecular complexity index is 882. The minimum absolute atomic E-state index is 0.0202. The second-order valence-electron chi connectivity index (χ2n) is 7.18. The molecule has 4 heteroatoms. The van der Waals surface area contributed by atoms with Gasteiger partial charge in [0.2, 0.25) is 0 Å². The molecular weight excluding hydrogens is 334 g/mol. The van der Waals surface area contributed by atoms with Gasteiger partial charge in [-0.1, -0.05) is 42.5 Å². The van der Waals surface area contributed by atoms with Crippen LogP contribution in [0, 0.1) is 13.8 Å². The van der Waals surface area contributed by atoms with Crippen molar-refractivity contribution in [3.05, 3.63) is 88.7 Å². The monoisotopic (exact) mass is 361 g/mol. The Balaban J connectivity index is 1.53. The molecule has 0 saturated carbocycles. The molecule has 0 radical (unpaired) electrons. The van der Waals surface area contributed by atoms with E-state index in [2.05, 4.69) is 42.5 Å². The van der Waals surface area contributed by atoms with Gasteiger partial charge in [-0.25, -0.2) is 0 Å². The summed E-state index contributed by atoms with van der Waals surface area (Å²) < 4.78 is 1.98. The maximum Gasteiger partial charge on any atom is 0.251 e. The van der Waals surface area contributed by atoms with Crippen LogP contribution in [0.5, 0.6) is 0 Å². The van der Waals surface area contributed by atoms with Crippen LogP contribution < -0.4 is 5.32 Å². The Kier molecular flexibility index (Phi) is 6.07. The van der Waals surface area contributed by atoms with Crippen molar-refractivity contribution in [3.8, 4) is 0 Å². The van der Waals surface area contributed by atoms with Crippen molar-refractivity contribution in [3.63, 3.8) is 0 Å². The Morgan fingerprint density at radius 3 is 2.37 bits per heavy atom. The van der Waals surface area contributed by atoms with E-state index in [1.54, 1.807) is 0 Å². The number of hydrogen-bond acceptors (Lipinski definition) is 2. The summed E-state index contributed by atoms with van der Waals surface area (Å²) in [7, 11) is 0. The van der Waals surface area contributed by atoms with E-state index in [9.17, 15) is 4.79 Å². The normalized spacial score (nSPS) is 12.0. The number of amides is 1. The molecule has 0 aliphatic heterocycles. The lowest BCUT2D eigenvalue weighted by Gasteiger charge is -2.14. The first-order chi connectivity index (χ1) is 13.0. The quantitative estimate of drug-likeness (QED) is 0.682. The first-order valence-electron chi connectivity index (χ1n) is 9.46. The third-order valence-electron chi connectivity index (χ3n) is 4.74. The number of carbonyl (C=O) groups excluding carboxylic acids is 1. The van der Waals surface area contributed by atoms with Crippen molar-refractivity contribution < 1.29 is 4.79 Å². The zero-order valence-electron chi connectivity index (χ0n) is 16.3. The number of aromatic nitrogens is 2. The van der Waals surface area contributed by atoms with Gasteiger partial charge < -0.3 is 5.32 Å². The van der Waals surface area contributed by atoms with E-state index in [0.717, 1.165) is 36.3 Å². The number of nitrogens with zero attached hydrogens (tertiary/aromatic N) is 2. The van der Waals surface area contributed by atoms with Crippen molar-refractivity contribution in [2.75, 3.05) is 0 Å². The van der Waals surface area contributed by atoms with Crippen molar-refractivity contribution in [1.82, 2.24) is 15.1 Å². The fourth-order valence-corrected chi connectivity index (χ4v) is 3.18. The zero-order chi connectivity index (χ0) is 19.2. The van der Waals surface area contributed by atoms with Crippen molar-refractivity contribution in [2.45, 2.75) is 46.2 Å². The molecule has 0 bridgehead atoms. The van der Waals surface area contributed by atoms with Crippen LogP contribution in [0.2, 0.25) is 0 Å². The molecule has 1 unspecified atom stereocenters. The summed E-state index contributed by atoms with van der Waals surface area (Å²) in [5.74, 6) is -0.0202. The van der Waals surface area contributed by atoms with E-state index in [0.29, 0.717) is 5.56 Å². The standard InChI is InChI=1S/C23H27N3O/c1-17(9-10-20-7-5-4-6-8-20)24-23(27)22-13-11-21(12-14-22)16-26-19(3)15-18(2)25-26/h4-8,11-15,17H,9-10,16H2,1-3H3,(H,24,27). The molecule has 0 spiro atoms. The largest absolute Gasteiger partial charge is 0.350 e. The number of hydrogen-bond donors (Lipinski definition) is 1. The molecular formula is C23H27N3O. The summed E-state index contributed by atoms with van der Waals surface area (Å²) in [6.07, 6.45) is 1.88. The van der Waals surface area contributed by atoms with Gasteiger partial charge in [-0.2, -0.15) is 5.10 Å². The molecule has 4 nitrogen and oxygen atoms in total. The van der Waals surface area contributed by atoms with Crippen LogP contribution >= 0.6 is 0 Å². The SMILES string of the molecule is Cc1cc(C)n(Cc2ccc(C(=O)NC(C)CCc3ccccc3)cc2)n1. The fourth-order valence-electron chi connectivity index (χ4n) is 3.18. The van der Waals surface area contributed by atoms with Crippen LogP contribution in [0.4, 0.5) is 0 Å². The van der Waals surface area contributed by atoms with E-state index in [1.165, 1.54) is 5.56 Å². The first kappa shape index (κ1) is 18.9. The topological polar surface area (TPSA) is 46.9 Å². The molecule has 0 aliphatic carbocycles. The van der Waals surface area contributed by atoms with Crippen LogP contribution in [-0.2, 0) is 13.0 Å². The van der Waals surface area contributed by atoms with Crippen LogP contribution in [0.15, 0.2) is 60.7 Å². The molecule has 3 aromatic rings. The summed E-state index contributed by atoms with van der Waals surface area (Å²) in [5, 5.41) is 7.58. The third kappa shape index (κ3) is 5.30. The molecule has 1 atom stereocenters. The van der Waals surface area contributed by atoms with Gasteiger partial charge >= 0.3 is 0 Å². The number of carbonyl (C=O) groups is 1. The predicted octanol–water partition coefficient (Wildman–Crippen LogP) is 4.30. The van der Waals surface area contributed by atoms with E-state index < -0.39 is 0 Å². The molecule has 0 saturated heterocycles. The van der Waals surface area contributed by atoms with Crippen molar-refractivity contribution in [1.29, 1.82) is 0 Å². The van der Waals surface area contributed by atoms with Gasteiger partial charge in [0.05, 0.1) is 12.2 Å². The lowest BCUT2D eigenvalue weighted by atomic mass is 10.1. The predicted molar refractivity (Wildman–Crippen MR) is 109 cm³/mol. The van der Waals surface area contributed by atoms with E-state index in [-0.39, 0.29) is 11.9 Å². The van der Waals surface area contributed by atoms with Gasteiger partial charge in [0.1, 0.15) is 0 Å². The second-order valence-corrected chi connectivity index (χ2v) is 7.18. The third-order valence-corrected chi connectivity index (χ3v) is 4.74. The number of benzene rings is 2. The molecule has 1 heterocycles. The highest BCUT2D eigenvalue weighted by atomic mass is 16.1. The minimum Gasteiger partial charge on any atom is -0.350 e. The van der Waals surface area contributed by atoms with Crippen LogP contribution in [-0.4, -0.2) is 21.7 Å². The maximum atomic E-state index is 12.5. The fraction of sp³-hybridized carbons (Fsp3) is 0.304. The van der Waals surface area contributed by atoms with Gasteiger partial charge in [-0.05, 0) is 62.9 Å². The Hall–Kier alpha value is -2.88. The number of rotatable bonds is 7. The summed E-state index contributed by atoms with van der Waals surface area (Å²) in [5.41, 5.74) is 5.29. The number of aryl methyl sites for hydroxylation is 3. The molecule has 0 aliphatic rings. The Morgan fingerprint density at radius 2 is 1.74 bits per heavy atom. The average molecular weight is 361 g/mol. The molecule has 0 fully saturated rings. The smallest absolute Gasteiger partial charge is 0.251 e. The lowest BCUT2D eigenvalue weighted by Crippen LogP contribution is -2.32. The second kappa shape index (κ2) is 8.67. The lowest BCUT2D eigenvalue weighted by molar-refractivity contribution is 0.0938. The first-order valence-corrected chi connectivity index (χ1v) is 9.46. The average Bonchev–Trinajstić information content (AvgIpc) is 2.98. The molecule has 1 amide bonds.